The summed E-state index contributed by atoms with van der Waals surface area (Å²) in [5, 5.41) is 9.22. The first kappa shape index (κ1) is 16.7. The van der Waals surface area contributed by atoms with Gasteiger partial charge in [0.25, 0.3) is 0 Å². The molecule has 0 fully saturated rings. The van der Waals surface area contributed by atoms with Crippen LogP contribution in [0.3, 0.4) is 0 Å². The maximum Gasteiger partial charge on any atom is 0.433 e. The van der Waals surface area contributed by atoms with Crippen molar-refractivity contribution in [3.05, 3.63) is 71.8 Å². The number of halogens is 3. The molecule has 2 rings (SSSR count). The Morgan fingerprint density at radius 1 is 1.00 bits per heavy atom. The summed E-state index contributed by atoms with van der Waals surface area (Å²) in [5.74, 6) is -1.40. The molecule has 0 aliphatic heterocycles. The van der Waals surface area contributed by atoms with Crippen molar-refractivity contribution in [2.75, 3.05) is 0 Å². The lowest BCUT2D eigenvalue weighted by atomic mass is 10.0. The highest BCUT2D eigenvalue weighted by molar-refractivity contribution is 6.05. The van der Waals surface area contributed by atoms with Crippen LogP contribution in [0.1, 0.15) is 11.1 Å². The van der Waals surface area contributed by atoms with E-state index >= 15 is 0 Å². The lowest BCUT2D eigenvalue weighted by Crippen LogP contribution is -2.30. The molecule has 0 saturated carbocycles. The van der Waals surface area contributed by atoms with Gasteiger partial charge in [-0.2, -0.15) is 13.2 Å². The fraction of sp³-hybridized carbons (Fsp3) is 0.176. The van der Waals surface area contributed by atoms with Crippen molar-refractivity contribution in [3.63, 3.8) is 0 Å². The summed E-state index contributed by atoms with van der Waals surface area (Å²) in [6, 6.07) is 13.9. The molecule has 1 atom stereocenters. The molecule has 0 radical (unpaired) electrons. The van der Waals surface area contributed by atoms with Crippen molar-refractivity contribution in [3.8, 4) is 0 Å². The molecule has 6 heteroatoms. The zero-order valence-corrected chi connectivity index (χ0v) is 12.0. The SMILES string of the molecule is O=C(O)[C@H](Cc1ccccc1)/N=C(\c1ccccc1)C(F)(F)F. The van der Waals surface area contributed by atoms with Crippen LogP contribution in [0.25, 0.3) is 0 Å². The van der Waals surface area contributed by atoms with Gasteiger partial charge in [0, 0.05) is 12.0 Å². The highest BCUT2D eigenvalue weighted by Crippen LogP contribution is 2.24. The van der Waals surface area contributed by atoms with Gasteiger partial charge in [-0.25, -0.2) is 4.79 Å². The average Bonchev–Trinajstić information content (AvgIpc) is 2.51. The number of nitrogens with zero attached hydrogens (tertiary/aromatic N) is 1. The number of hydrogen-bond acceptors (Lipinski definition) is 2. The topological polar surface area (TPSA) is 49.7 Å². The van der Waals surface area contributed by atoms with Gasteiger partial charge >= 0.3 is 12.1 Å². The number of rotatable bonds is 5. The van der Waals surface area contributed by atoms with Crippen molar-refractivity contribution >= 4 is 11.7 Å². The van der Waals surface area contributed by atoms with E-state index in [0.717, 1.165) is 0 Å². The molecule has 0 heterocycles. The van der Waals surface area contributed by atoms with E-state index in [4.69, 9.17) is 0 Å². The van der Waals surface area contributed by atoms with Gasteiger partial charge in [-0.05, 0) is 5.56 Å². The first-order valence-corrected chi connectivity index (χ1v) is 6.85. The molecule has 0 aliphatic rings. The van der Waals surface area contributed by atoms with Gasteiger partial charge in [-0.3, -0.25) is 4.99 Å². The molecular formula is C17H14F3NO2. The monoisotopic (exact) mass is 321 g/mol. The minimum absolute atomic E-state index is 0.109. The second-order valence-electron chi connectivity index (χ2n) is 4.89. The molecule has 0 unspecified atom stereocenters. The van der Waals surface area contributed by atoms with Crippen LogP contribution in [-0.4, -0.2) is 29.0 Å². The quantitative estimate of drug-likeness (QED) is 0.853. The minimum Gasteiger partial charge on any atom is -0.480 e. The van der Waals surface area contributed by atoms with Crippen molar-refractivity contribution in [2.45, 2.75) is 18.6 Å². The van der Waals surface area contributed by atoms with Gasteiger partial charge in [0.15, 0.2) is 6.04 Å². The standard InChI is InChI=1S/C17H14F3NO2/c18-17(19,20)15(13-9-5-2-6-10-13)21-14(16(22)23)11-12-7-3-1-4-8-12/h1-10,14H,11H2,(H,22,23)/b21-15+/t14-/m0/s1. The highest BCUT2D eigenvalue weighted by Gasteiger charge is 2.38. The fourth-order valence-electron chi connectivity index (χ4n) is 2.09. The molecule has 2 aromatic rings. The van der Waals surface area contributed by atoms with Crippen molar-refractivity contribution in [2.24, 2.45) is 4.99 Å². The number of carboxylic acids is 1. The summed E-state index contributed by atoms with van der Waals surface area (Å²) < 4.78 is 39.7. The average molecular weight is 321 g/mol. The number of carbonyl (C=O) groups is 1. The fourth-order valence-corrected chi connectivity index (χ4v) is 2.09. The van der Waals surface area contributed by atoms with E-state index in [9.17, 15) is 23.1 Å². The van der Waals surface area contributed by atoms with Crippen molar-refractivity contribution in [1.29, 1.82) is 0 Å². The summed E-state index contributed by atoms with van der Waals surface area (Å²) in [5.41, 5.74) is -0.723. The van der Waals surface area contributed by atoms with Crippen LogP contribution in [0, 0.1) is 0 Å². The van der Waals surface area contributed by atoms with Crippen LogP contribution in [-0.2, 0) is 11.2 Å². The van der Waals surface area contributed by atoms with Gasteiger partial charge < -0.3 is 5.11 Å². The van der Waals surface area contributed by atoms with Crippen molar-refractivity contribution in [1.82, 2.24) is 0 Å². The molecule has 0 bridgehead atoms. The van der Waals surface area contributed by atoms with Gasteiger partial charge in [-0.15, -0.1) is 0 Å². The molecule has 0 aromatic heterocycles. The third kappa shape index (κ3) is 4.67. The summed E-state index contributed by atoms with van der Waals surface area (Å²) in [4.78, 5) is 14.8. The summed E-state index contributed by atoms with van der Waals surface area (Å²) in [6.07, 6.45) is -4.84. The van der Waals surface area contributed by atoms with Crippen molar-refractivity contribution < 1.29 is 23.1 Å². The van der Waals surface area contributed by atoms with Crippen LogP contribution < -0.4 is 0 Å². The summed E-state index contributed by atoms with van der Waals surface area (Å²) in [6.45, 7) is 0. The first-order valence-electron chi connectivity index (χ1n) is 6.85. The zero-order chi connectivity index (χ0) is 16.9. The van der Waals surface area contributed by atoms with E-state index in [1.54, 1.807) is 36.4 Å². The maximum absolute atomic E-state index is 13.2. The number of aliphatic imine (C=N–C) groups is 1. The van der Waals surface area contributed by atoms with Gasteiger partial charge in [0.1, 0.15) is 5.71 Å². The molecule has 120 valence electrons. The summed E-state index contributed by atoms with van der Waals surface area (Å²) in [7, 11) is 0. The Bertz CT molecular complexity index is 682. The van der Waals surface area contributed by atoms with Crippen LogP contribution >= 0.6 is 0 Å². The van der Waals surface area contributed by atoms with E-state index in [2.05, 4.69) is 4.99 Å². The predicted molar refractivity (Wildman–Crippen MR) is 80.6 cm³/mol. The second-order valence-corrected chi connectivity index (χ2v) is 4.89. The molecular weight excluding hydrogens is 307 g/mol. The van der Waals surface area contributed by atoms with Gasteiger partial charge in [0.05, 0.1) is 0 Å². The van der Waals surface area contributed by atoms with E-state index < -0.39 is 23.9 Å². The summed E-state index contributed by atoms with van der Waals surface area (Å²) >= 11 is 0. The Balaban J connectivity index is 2.39. The Morgan fingerprint density at radius 3 is 2.00 bits per heavy atom. The third-order valence-electron chi connectivity index (χ3n) is 3.16. The third-order valence-corrected chi connectivity index (χ3v) is 3.16. The first-order chi connectivity index (χ1) is 10.9. The van der Waals surface area contributed by atoms with Crippen LogP contribution in [0.5, 0.6) is 0 Å². The zero-order valence-electron chi connectivity index (χ0n) is 12.0. The molecule has 23 heavy (non-hydrogen) atoms. The van der Waals surface area contributed by atoms with Crippen LogP contribution in [0.15, 0.2) is 65.7 Å². The normalized spacial score (nSPS) is 13.6. The Morgan fingerprint density at radius 2 is 1.52 bits per heavy atom. The predicted octanol–water partition coefficient (Wildman–Crippen LogP) is 3.73. The Hall–Kier alpha value is -2.63. The molecule has 2 aromatic carbocycles. The second kappa shape index (κ2) is 7.09. The minimum atomic E-state index is -4.73. The van der Waals surface area contributed by atoms with E-state index in [1.165, 1.54) is 24.3 Å². The lowest BCUT2D eigenvalue weighted by molar-refractivity contribution is -0.138. The lowest BCUT2D eigenvalue weighted by Gasteiger charge is -2.14. The van der Waals surface area contributed by atoms with E-state index in [0.29, 0.717) is 5.56 Å². The molecule has 0 aliphatic carbocycles. The molecule has 1 N–H and O–H groups in total. The Labute approximate surface area is 131 Å². The number of hydrogen-bond donors (Lipinski definition) is 1. The highest BCUT2D eigenvalue weighted by atomic mass is 19.4. The smallest absolute Gasteiger partial charge is 0.433 e. The van der Waals surface area contributed by atoms with E-state index in [-0.39, 0.29) is 12.0 Å². The van der Waals surface area contributed by atoms with Crippen LogP contribution in [0.2, 0.25) is 0 Å². The molecule has 3 nitrogen and oxygen atoms in total. The number of alkyl halides is 3. The largest absolute Gasteiger partial charge is 0.480 e. The molecule has 0 amide bonds. The number of aliphatic carboxylic acids is 1. The van der Waals surface area contributed by atoms with Gasteiger partial charge in [-0.1, -0.05) is 60.7 Å². The number of benzene rings is 2. The van der Waals surface area contributed by atoms with E-state index in [1.807, 2.05) is 0 Å². The maximum atomic E-state index is 13.2. The molecule has 0 saturated heterocycles. The Kier molecular flexibility index (Phi) is 5.16. The van der Waals surface area contributed by atoms with Crippen LogP contribution in [0.4, 0.5) is 13.2 Å². The van der Waals surface area contributed by atoms with Gasteiger partial charge in [0.2, 0.25) is 0 Å². The number of carboxylic acid groups (broad SMARTS) is 1. The molecule has 0 spiro atoms.